The van der Waals surface area contributed by atoms with Crippen LogP contribution in [-0.2, 0) is 9.59 Å². The van der Waals surface area contributed by atoms with Gasteiger partial charge in [-0.2, -0.15) is 0 Å². The van der Waals surface area contributed by atoms with Gasteiger partial charge in [-0.25, -0.2) is 0 Å². The van der Waals surface area contributed by atoms with E-state index in [9.17, 15) is 14.7 Å². The number of hydrogen-bond donors (Lipinski definition) is 2. The Labute approximate surface area is 121 Å². The second kappa shape index (κ2) is 7.62. The van der Waals surface area contributed by atoms with Gasteiger partial charge >= 0.3 is 5.97 Å². The molecule has 0 saturated heterocycles. The smallest absolute Gasteiger partial charge is 0.307 e. The number of carboxylic acid groups (broad SMARTS) is 1. The number of carbonyl (C=O) groups excluding carboxylic acids is 1. The van der Waals surface area contributed by atoms with Gasteiger partial charge in [0, 0.05) is 12.6 Å². The van der Waals surface area contributed by atoms with Gasteiger partial charge in [0.25, 0.3) is 0 Å². The first kappa shape index (κ1) is 17.0. The lowest BCUT2D eigenvalue weighted by atomic mass is 9.78. The van der Waals surface area contributed by atoms with Crippen molar-refractivity contribution in [3.05, 3.63) is 0 Å². The van der Waals surface area contributed by atoms with Crippen LogP contribution < -0.4 is 5.32 Å². The lowest BCUT2D eigenvalue weighted by Gasteiger charge is -2.31. The summed E-state index contributed by atoms with van der Waals surface area (Å²) in [4.78, 5) is 25.6. The maximum Gasteiger partial charge on any atom is 0.307 e. The summed E-state index contributed by atoms with van der Waals surface area (Å²) in [6, 6.07) is 0.269. The molecule has 3 atom stereocenters. The third-order valence-electron chi connectivity index (χ3n) is 4.34. The van der Waals surface area contributed by atoms with Crippen molar-refractivity contribution in [2.75, 3.05) is 20.6 Å². The minimum absolute atomic E-state index is 0.0930. The topological polar surface area (TPSA) is 69.6 Å². The summed E-state index contributed by atoms with van der Waals surface area (Å²) in [6.45, 7) is 4.82. The molecular weight excluding hydrogens is 256 g/mol. The summed E-state index contributed by atoms with van der Waals surface area (Å²) >= 11 is 0. The fourth-order valence-corrected chi connectivity index (χ4v) is 3.09. The van der Waals surface area contributed by atoms with E-state index in [4.69, 9.17) is 0 Å². The van der Waals surface area contributed by atoms with Crippen molar-refractivity contribution in [3.63, 3.8) is 0 Å². The number of amides is 1. The molecule has 1 amide bonds. The zero-order valence-electron chi connectivity index (χ0n) is 13.1. The standard InChI is InChI=1S/C15H28N2O3/c1-10(2)13(17(3)4)9-16-14(18)11-7-5-6-8-12(11)15(19)20/h10-13H,5-9H2,1-4H3,(H,16,18)(H,19,20)/t11-,12+,13?/m1/s1. The highest BCUT2D eigenvalue weighted by molar-refractivity contribution is 5.84. The van der Waals surface area contributed by atoms with E-state index >= 15 is 0 Å². The minimum Gasteiger partial charge on any atom is -0.481 e. The van der Waals surface area contributed by atoms with Crippen LogP contribution in [0.5, 0.6) is 0 Å². The number of carboxylic acids is 1. The summed E-state index contributed by atoms with van der Waals surface area (Å²) in [5.41, 5.74) is 0. The van der Waals surface area contributed by atoms with Crippen molar-refractivity contribution in [3.8, 4) is 0 Å². The average Bonchev–Trinajstić information content (AvgIpc) is 2.37. The van der Waals surface area contributed by atoms with Crippen molar-refractivity contribution in [2.24, 2.45) is 17.8 Å². The molecule has 1 saturated carbocycles. The molecule has 0 spiro atoms. The third-order valence-corrected chi connectivity index (χ3v) is 4.34. The molecule has 5 nitrogen and oxygen atoms in total. The number of likely N-dealkylation sites (N-methyl/N-ethyl adjacent to an activating group) is 1. The highest BCUT2D eigenvalue weighted by atomic mass is 16.4. The highest BCUT2D eigenvalue weighted by Crippen LogP contribution is 2.30. The monoisotopic (exact) mass is 284 g/mol. The Morgan fingerprint density at radius 1 is 1.20 bits per heavy atom. The SMILES string of the molecule is CC(C)C(CNC(=O)[C@@H]1CCCC[C@@H]1C(=O)O)N(C)C. The van der Waals surface area contributed by atoms with Crippen LogP contribution in [0, 0.1) is 17.8 Å². The van der Waals surface area contributed by atoms with Gasteiger partial charge in [0.15, 0.2) is 0 Å². The summed E-state index contributed by atoms with van der Waals surface area (Å²) in [5, 5.41) is 12.2. The van der Waals surface area contributed by atoms with Crippen LogP contribution in [0.1, 0.15) is 39.5 Å². The van der Waals surface area contributed by atoms with Gasteiger partial charge in [-0.05, 0) is 32.9 Å². The summed E-state index contributed by atoms with van der Waals surface area (Å²) < 4.78 is 0. The summed E-state index contributed by atoms with van der Waals surface area (Å²) in [6.07, 6.45) is 3.17. The average molecular weight is 284 g/mol. The van der Waals surface area contributed by atoms with Gasteiger partial charge in [0.05, 0.1) is 11.8 Å². The molecule has 0 heterocycles. The van der Waals surface area contributed by atoms with Crippen LogP contribution >= 0.6 is 0 Å². The fraction of sp³-hybridized carbons (Fsp3) is 0.867. The van der Waals surface area contributed by atoms with Gasteiger partial charge in [-0.15, -0.1) is 0 Å². The first-order valence-corrected chi connectivity index (χ1v) is 7.51. The molecule has 5 heteroatoms. The predicted octanol–water partition coefficient (Wildman–Crippen LogP) is 1.58. The molecule has 1 rings (SSSR count). The molecule has 0 aliphatic heterocycles. The van der Waals surface area contributed by atoms with E-state index in [0.29, 0.717) is 25.3 Å². The zero-order valence-corrected chi connectivity index (χ0v) is 13.1. The Kier molecular flexibility index (Phi) is 6.46. The van der Waals surface area contributed by atoms with Crippen LogP contribution in [0.15, 0.2) is 0 Å². The van der Waals surface area contributed by atoms with E-state index in [0.717, 1.165) is 12.8 Å². The molecular formula is C15H28N2O3. The lowest BCUT2D eigenvalue weighted by Crippen LogP contribution is -2.47. The third kappa shape index (κ3) is 4.47. The predicted molar refractivity (Wildman–Crippen MR) is 78.4 cm³/mol. The van der Waals surface area contributed by atoms with E-state index < -0.39 is 11.9 Å². The second-order valence-electron chi connectivity index (χ2n) is 6.36. The molecule has 0 aromatic heterocycles. The number of rotatable bonds is 6. The minimum atomic E-state index is -0.835. The second-order valence-corrected chi connectivity index (χ2v) is 6.36. The van der Waals surface area contributed by atoms with E-state index in [1.807, 2.05) is 14.1 Å². The van der Waals surface area contributed by atoms with Crippen LogP contribution in [0.4, 0.5) is 0 Å². The van der Waals surface area contributed by atoms with Gasteiger partial charge in [-0.3, -0.25) is 9.59 Å². The van der Waals surface area contributed by atoms with Crippen molar-refractivity contribution in [2.45, 2.75) is 45.6 Å². The Bertz CT molecular complexity index is 334. The van der Waals surface area contributed by atoms with Crippen LogP contribution in [0.3, 0.4) is 0 Å². The molecule has 1 aliphatic carbocycles. The molecule has 1 unspecified atom stereocenters. The summed E-state index contributed by atoms with van der Waals surface area (Å²) in [7, 11) is 4.00. The maximum absolute atomic E-state index is 12.3. The lowest BCUT2D eigenvalue weighted by molar-refractivity contribution is -0.149. The number of aliphatic carboxylic acids is 1. The molecule has 2 N–H and O–H groups in total. The Hall–Kier alpha value is -1.10. The number of hydrogen-bond acceptors (Lipinski definition) is 3. The van der Waals surface area contributed by atoms with Gasteiger partial charge in [0.1, 0.15) is 0 Å². The molecule has 20 heavy (non-hydrogen) atoms. The van der Waals surface area contributed by atoms with Crippen molar-refractivity contribution in [1.82, 2.24) is 10.2 Å². The van der Waals surface area contributed by atoms with E-state index in [2.05, 4.69) is 24.1 Å². The first-order valence-electron chi connectivity index (χ1n) is 7.51. The molecule has 1 fully saturated rings. The van der Waals surface area contributed by atoms with Crippen LogP contribution in [0.2, 0.25) is 0 Å². The van der Waals surface area contributed by atoms with Crippen LogP contribution in [-0.4, -0.2) is 48.6 Å². The zero-order chi connectivity index (χ0) is 15.3. The number of nitrogens with zero attached hydrogens (tertiary/aromatic N) is 1. The number of carbonyl (C=O) groups is 2. The normalized spacial score (nSPS) is 24.7. The first-order chi connectivity index (χ1) is 9.34. The Balaban J connectivity index is 2.58. The molecule has 1 aliphatic rings. The summed E-state index contributed by atoms with van der Waals surface area (Å²) in [5.74, 6) is -1.37. The van der Waals surface area contributed by atoms with E-state index in [-0.39, 0.29) is 17.9 Å². The van der Waals surface area contributed by atoms with Gasteiger partial charge in [-0.1, -0.05) is 26.7 Å². The molecule has 0 aromatic carbocycles. The quantitative estimate of drug-likeness (QED) is 0.777. The molecule has 0 bridgehead atoms. The molecule has 0 aromatic rings. The van der Waals surface area contributed by atoms with Crippen molar-refractivity contribution < 1.29 is 14.7 Å². The van der Waals surface area contributed by atoms with E-state index in [1.54, 1.807) is 0 Å². The van der Waals surface area contributed by atoms with Crippen molar-refractivity contribution in [1.29, 1.82) is 0 Å². The molecule has 116 valence electrons. The number of nitrogens with one attached hydrogen (secondary N) is 1. The molecule has 0 radical (unpaired) electrons. The Morgan fingerprint density at radius 3 is 2.20 bits per heavy atom. The fourth-order valence-electron chi connectivity index (χ4n) is 3.09. The highest BCUT2D eigenvalue weighted by Gasteiger charge is 2.35. The van der Waals surface area contributed by atoms with Crippen molar-refractivity contribution >= 4 is 11.9 Å². The van der Waals surface area contributed by atoms with Gasteiger partial charge in [0.2, 0.25) is 5.91 Å². The van der Waals surface area contributed by atoms with Crippen LogP contribution in [0.25, 0.3) is 0 Å². The van der Waals surface area contributed by atoms with E-state index in [1.165, 1.54) is 0 Å². The van der Waals surface area contributed by atoms with Gasteiger partial charge < -0.3 is 15.3 Å². The maximum atomic E-state index is 12.3. The largest absolute Gasteiger partial charge is 0.481 e. The Morgan fingerprint density at radius 2 is 1.75 bits per heavy atom.